The third-order valence-electron chi connectivity index (χ3n) is 2.49. The van der Waals surface area contributed by atoms with Gasteiger partial charge in [0.1, 0.15) is 0 Å². The lowest BCUT2D eigenvalue weighted by Gasteiger charge is -2.30. The highest BCUT2D eigenvalue weighted by molar-refractivity contribution is 5.07. The Morgan fingerprint density at radius 1 is 0.929 bits per heavy atom. The molecule has 0 N–H and O–H groups in total. The monoisotopic (exact) mass is 196 g/mol. The fourth-order valence-electron chi connectivity index (χ4n) is 2.42. The first-order valence-electron chi connectivity index (χ1n) is 5.91. The molecule has 0 aromatic heterocycles. The van der Waals surface area contributed by atoms with E-state index in [9.17, 15) is 0 Å². The molecule has 0 heteroatoms. The molecule has 0 bridgehead atoms. The first-order valence-corrected chi connectivity index (χ1v) is 5.91. The molecular weight excluding hydrogens is 168 g/mol. The van der Waals surface area contributed by atoms with Gasteiger partial charge in [0, 0.05) is 0 Å². The van der Waals surface area contributed by atoms with Crippen molar-refractivity contribution in [2.45, 2.75) is 67.7 Å². The number of hydrogen-bond acceptors (Lipinski definition) is 0. The summed E-state index contributed by atoms with van der Waals surface area (Å²) in [4.78, 5) is 0. The third-order valence-corrected chi connectivity index (χ3v) is 2.49. The summed E-state index contributed by atoms with van der Waals surface area (Å²) in [6, 6.07) is 0. The maximum atomic E-state index is 2.48. The minimum absolute atomic E-state index is 0.347. The minimum atomic E-state index is 0.347. The van der Waals surface area contributed by atoms with Gasteiger partial charge in [-0.1, -0.05) is 60.1 Å². The molecule has 0 radical (unpaired) electrons. The Hall–Kier alpha value is -0.260. The van der Waals surface area contributed by atoms with E-state index >= 15 is 0 Å². The van der Waals surface area contributed by atoms with Crippen molar-refractivity contribution < 1.29 is 0 Å². The molecule has 0 fully saturated rings. The van der Waals surface area contributed by atoms with Crippen molar-refractivity contribution in [3.05, 3.63) is 11.6 Å². The molecular formula is C14H28. The van der Waals surface area contributed by atoms with Crippen molar-refractivity contribution >= 4 is 0 Å². The number of allylic oxidation sites excluding steroid dienone is 2. The normalized spacial score (nSPS) is 12.8. The molecule has 0 nitrogen and oxygen atoms in total. The van der Waals surface area contributed by atoms with Crippen LogP contribution >= 0.6 is 0 Å². The van der Waals surface area contributed by atoms with Crippen LogP contribution in [0.2, 0.25) is 0 Å². The van der Waals surface area contributed by atoms with E-state index < -0.39 is 0 Å². The van der Waals surface area contributed by atoms with Gasteiger partial charge in [-0.2, -0.15) is 0 Å². The average Bonchev–Trinajstić information content (AvgIpc) is 1.95. The van der Waals surface area contributed by atoms with Crippen LogP contribution in [0.4, 0.5) is 0 Å². The third kappa shape index (κ3) is 6.23. The summed E-state index contributed by atoms with van der Waals surface area (Å²) in [5.41, 5.74) is 2.37. The Kier molecular flexibility index (Phi) is 4.91. The summed E-state index contributed by atoms with van der Waals surface area (Å²) in [6.07, 6.45) is 6.13. The lowest BCUT2D eigenvalue weighted by Crippen LogP contribution is -2.19. The summed E-state index contributed by atoms with van der Waals surface area (Å²) in [7, 11) is 0. The molecule has 0 heterocycles. The van der Waals surface area contributed by atoms with Gasteiger partial charge >= 0.3 is 0 Å². The van der Waals surface area contributed by atoms with Gasteiger partial charge < -0.3 is 0 Å². The van der Waals surface area contributed by atoms with Crippen LogP contribution in [0.15, 0.2) is 11.6 Å². The molecule has 0 aliphatic heterocycles. The highest BCUT2D eigenvalue weighted by Gasteiger charge is 2.23. The molecule has 0 aliphatic carbocycles. The Bertz CT molecular complexity index is 183. The van der Waals surface area contributed by atoms with Crippen LogP contribution in [0.25, 0.3) is 0 Å². The zero-order valence-corrected chi connectivity index (χ0v) is 11.2. The van der Waals surface area contributed by atoms with E-state index in [0.717, 1.165) is 0 Å². The fourth-order valence-corrected chi connectivity index (χ4v) is 2.42. The zero-order valence-electron chi connectivity index (χ0n) is 11.2. The first-order chi connectivity index (χ1) is 6.20. The minimum Gasteiger partial charge on any atom is -0.0797 e. The molecule has 0 aromatic rings. The van der Waals surface area contributed by atoms with Gasteiger partial charge in [0.2, 0.25) is 0 Å². The molecule has 0 spiro atoms. The topological polar surface area (TPSA) is 0 Å². The van der Waals surface area contributed by atoms with E-state index in [1.165, 1.54) is 19.3 Å². The van der Waals surface area contributed by atoms with Crippen molar-refractivity contribution in [3.8, 4) is 0 Å². The van der Waals surface area contributed by atoms with Crippen molar-refractivity contribution in [1.82, 2.24) is 0 Å². The summed E-state index contributed by atoms with van der Waals surface area (Å²) >= 11 is 0. The van der Waals surface area contributed by atoms with Gasteiger partial charge in [-0.05, 0) is 30.1 Å². The molecule has 0 saturated carbocycles. The summed E-state index contributed by atoms with van der Waals surface area (Å²) in [5, 5.41) is 0. The Balaban J connectivity index is 4.54. The summed E-state index contributed by atoms with van der Waals surface area (Å²) in [6.45, 7) is 16.2. The van der Waals surface area contributed by atoms with Crippen molar-refractivity contribution in [2.75, 3.05) is 0 Å². The SMILES string of the molecule is CCC(=CC(C)(C)CC(C)(C)C)CC. The van der Waals surface area contributed by atoms with Crippen LogP contribution in [0.1, 0.15) is 67.7 Å². The van der Waals surface area contributed by atoms with Crippen LogP contribution < -0.4 is 0 Å². The van der Waals surface area contributed by atoms with E-state index in [0.29, 0.717) is 10.8 Å². The predicted octanol–water partition coefficient (Wildman–Crippen LogP) is 5.20. The highest BCUT2D eigenvalue weighted by atomic mass is 14.3. The molecule has 0 aliphatic rings. The number of rotatable bonds is 4. The van der Waals surface area contributed by atoms with Gasteiger partial charge in [-0.3, -0.25) is 0 Å². The van der Waals surface area contributed by atoms with Crippen molar-refractivity contribution in [2.24, 2.45) is 10.8 Å². The largest absolute Gasteiger partial charge is 0.0797 e. The second kappa shape index (κ2) is 5.00. The number of hydrogen-bond donors (Lipinski definition) is 0. The molecule has 0 amide bonds. The molecule has 0 unspecified atom stereocenters. The standard InChI is InChI=1S/C14H28/c1-8-12(9-2)10-14(6,7)11-13(3,4)5/h10H,8-9,11H2,1-7H3. The maximum absolute atomic E-state index is 2.48. The van der Waals surface area contributed by atoms with E-state index in [1.807, 2.05) is 0 Å². The van der Waals surface area contributed by atoms with Crippen LogP contribution in [0.3, 0.4) is 0 Å². The summed E-state index contributed by atoms with van der Waals surface area (Å²) in [5.74, 6) is 0. The summed E-state index contributed by atoms with van der Waals surface area (Å²) < 4.78 is 0. The fraction of sp³-hybridized carbons (Fsp3) is 0.857. The van der Waals surface area contributed by atoms with Gasteiger partial charge in [-0.25, -0.2) is 0 Å². The zero-order chi connectivity index (χ0) is 11.4. The van der Waals surface area contributed by atoms with Crippen molar-refractivity contribution in [1.29, 1.82) is 0 Å². The quantitative estimate of drug-likeness (QED) is 0.542. The Morgan fingerprint density at radius 2 is 1.36 bits per heavy atom. The second-order valence-corrected chi connectivity index (χ2v) is 6.24. The lowest BCUT2D eigenvalue weighted by molar-refractivity contribution is 0.260. The van der Waals surface area contributed by atoms with Gasteiger partial charge in [0.05, 0.1) is 0 Å². The molecule has 14 heavy (non-hydrogen) atoms. The van der Waals surface area contributed by atoms with Gasteiger partial charge in [0.25, 0.3) is 0 Å². The van der Waals surface area contributed by atoms with Crippen LogP contribution in [0.5, 0.6) is 0 Å². The second-order valence-electron chi connectivity index (χ2n) is 6.24. The molecule has 0 rings (SSSR count). The Morgan fingerprint density at radius 3 is 1.64 bits per heavy atom. The van der Waals surface area contributed by atoms with Gasteiger partial charge in [0.15, 0.2) is 0 Å². The Labute approximate surface area is 90.8 Å². The van der Waals surface area contributed by atoms with E-state index in [4.69, 9.17) is 0 Å². The van der Waals surface area contributed by atoms with Crippen LogP contribution in [-0.4, -0.2) is 0 Å². The van der Waals surface area contributed by atoms with Crippen LogP contribution in [-0.2, 0) is 0 Å². The maximum Gasteiger partial charge on any atom is -0.0167 e. The molecule has 0 atom stereocenters. The molecule has 0 saturated heterocycles. The smallest absolute Gasteiger partial charge is 0.0167 e. The highest BCUT2D eigenvalue weighted by Crippen LogP contribution is 2.35. The van der Waals surface area contributed by atoms with E-state index in [-0.39, 0.29) is 0 Å². The van der Waals surface area contributed by atoms with E-state index in [2.05, 4.69) is 54.5 Å². The van der Waals surface area contributed by atoms with Crippen molar-refractivity contribution in [3.63, 3.8) is 0 Å². The predicted molar refractivity (Wildman–Crippen MR) is 66.5 cm³/mol. The lowest BCUT2D eigenvalue weighted by atomic mass is 9.75. The average molecular weight is 196 g/mol. The van der Waals surface area contributed by atoms with E-state index in [1.54, 1.807) is 5.57 Å². The van der Waals surface area contributed by atoms with Gasteiger partial charge in [-0.15, -0.1) is 0 Å². The van der Waals surface area contributed by atoms with Crippen LogP contribution in [0, 0.1) is 10.8 Å². The molecule has 0 aromatic carbocycles. The molecule has 84 valence electrons. The first kappa shape index (κ1) is 13.7.